The summed E-state index contributed by atoms with van der Waals surface area (Å²) in [5.41, 5.74) is 3.02. The van der Waals surface area contributed by atoms with Crippen molar-refractivity contribution < 1.29 is 14.6 Å². The van der Waals surface area contributed by atoms with Gasteiger partial charge in [-0.3, -0.25) is 9.59 Å². The number of benzene rings is 1. The molecule has 0 fully saturated rings. The molecular formula is C17H19NO4. The van der Waals surface area contributed by atoms with Gasteiger partial charge in [-0.2, -0.15) is 0 Å². The fraction of sp³-hybridized carbons (Fsp3) is 0.294. The number of carboxylic acids is 1. The first-order valence-corrected chi connectivity index (χ1v) is 7.01. The first-order chi connectivity index (χ1) is 10.4. The number of carboxylic acid groups (broad SMARTS) is 1. The van der Waals surface area contributed by atoms with Gasteiger partial charge in [-0.1, -0.05) is 6.07 Å². The number of aliphatic carboxylic acids is 1. The van der Waals surface area contributed by atoms with E-state index in [1.54, 1.807) is 13.3 Å². The number of carbonyl (C=O) groups is 1. The molecule has 0 amide bonds. The van der Waals surface area contributed by atoms with Crippen molar-refractivity contribution in [3.63, 3.8) is 0 Å². The SMILES string of the molecule is COc1ccc(C)cc1-n1cc(CCC(=O)O)c(=O)cc1C. The quantitative estimate of drug-likeness (QED) is 0.921. The van der Waals surface area contributed by atoms with E-state index in [0.29, 0.717) is 11.3 Å². The van der Waals surface area contributed by atoms with Crippen molar-refractivity contribution in [3.8, 4) is 11.4 Å². The summed E-state index contributed by atoms with van der Waals surface area (Å²) in [5.74, 6) is -0.221. The molecule has 1 aromatic carbocycles. The van der Waals surface area contributed by atoms with Gasteiger partial charge in [0.2, 0.25) is 0 Å². The van der Waals surface area contributed by atoms with Crippen LogP contribution in [0.3, 0.4) is 0 Å². The lowest BCUT2D eigenvalue weighted by atomic mass is 10.1. The fourth-order valence-corrected chi connectivity index (χ4v) is 2.35. The van der Waals surface area contributed by atoms with Crippen molar-refractivity contribution in [3.05, 3.63) is 57.5 Å². The molecule has 0 aliphatic rings. The maximum atomic E-state index is 12.0. The van der Waals surface area contributed by atoms with Crippen LogP contribution in [0.2, 0.25) is 0 Å². The minimum absolute atomic E-state index is 0.0662. The largest absolute Gasteiger partial charge is 0.495 e. The lowest BCUT2D eigenvalue weighted by Crippen LogP contribution is -2.15. The number of ether oxygens (including phenoxy) is 1. The van der Waals surface area contributed by atoms with Gasteiger partial charge in [0.25, 0.3) is 0 Å². The van der Waals surface area contributed by atoms with Gasteiger partial charge >= 0.3 is 5.97 Å². The third-order valence-corrected chi connectivity index (χ3v) is 3.52. The van der Waals surface area contributed by atoms with Gasteiger partial charge in [0.05, 0.1) is 12.8 Å². The van der Waals surface area contributed by atoms with Crippen molar-refractivity contribution >= 4 is 5.97 Å². The molecule has 2 aromatic rings. The Balaban J connectivity index is 2.55. The average Bonchev–Trinajstić information content (AvgIpc) is 2.46. The molecule has 0 aliphatic heterocycles. The van der Waals surface area contributed by atoms with Crippen LogP contribution >= 0.6 is 0 Å². The minimum Gasteiger partial charge on any atom is -0.495 e. The lowest BCUT2D eigenvalue weighted by molar-refractivity contribution is -0.136. The Hall–Kier alpha value is -2.56. The zero-order valence-electron chi connectivity index (χ0n) is 12.9. The summed E-state index contributed by atoms with van der Waals surface area (Å²) in [4.78, 5) is 22.7. The Bertz CT molecular complexity index is 762. The predicted molar refractivity (Wildman–Crippen MR) is 84.0 cm³/mol. The molecule has 0 atom stereocenters. The van der Waals surface area contributed by atoms with E-state index in [1.807, 2.05) is 36.6 Å². The van der Waals surface area contributed by atoms with Crippen LogP contribution in [-0.4, -0.2) is 22.8 Å². The summed E-state index contributed by atoms with van der Waals surface area (Å²) >= 11 is 0. The summed E-state index contributed by atoms with van der Waals surface area (Å²) in [6.07, 6.45) is 1.85. The number of hydrogen-bond acceptors (Lipinski definition) is 3. The van der Waals surface area contributed by atoms with Crippen LogP contribution in [0.5, 0.6) is 5.75 Å². The van der Waals surface area contributed by atoms with Crippen LogP contribution in [0.25, 0.3) is 5.69 Å². The van der Waals surface area contributed by atoms with Gasteiger partial charge in [-0.15, -0.1) is 0 Å². The number of nitrogens with zero attached hydrogens (tertiary/aromatic N) is 1. The maximum absolute atomic E-state index is 12.0. The third-order valence-electron chi connectivity index (χ3n) is 3.52. The van der Waals surface area contributed by atoms with Gasteiger partial charge in [-0.25, -0.2) is 0 Å². The van der Waals surface area contributed by atoms with Crippen molar-refractivity contribution in [2.45, 2.75) is 26.7 Å². The van der Waals surface area contributed by atoms with Crippen LogP contribution in [0.15, 0.2) is 35.3 Å². The summed E-state index contributed by atoms with van der Waals surface area (Å²) in [6.45, 7) is 3.82. The molecule has 0 bridgehead atoms. The molecule has 2 rings (SSSR count). The Morgan fingerprint density at radius 3 is 2.64 bits per heavy atom. The number of pyridine rings is 1. The van der Waals surface area contributed by atoms with Crippen molar-refractivity contribution in [2.75, 3.05) is 7.11 Å². The second-order valence-electron chi connectivity index (χ2n) is 5.24. The van der Waals surface area contributed by atoms with Crippen molar-refractivity contribution in [1.82, 2.24) is 4.57 Å². The van der Waals surface area contributed by atoms with E-state index < -0.39 is 5.97 Å². The number of aromatic nitrogens is 1. The van der Waals surface area contributed by atoms with Crippen LogP contribution < -0.4 is 10.2 Å². The highest BCUT2D eigenvalue weighted by atomic mass is 16.5. The second kappa shape index (κ2) is 6.47. The predicted octanol–water partition coefficient (Wildman–Crippen LogP) is 2.48. The molecule has 0 radical (unpaired) electrons. The zero-order chi connectivity index (χ0) is 16.3. The standard InChI is InChI=1S/C17H19NO4/c1-11-4-6-16(22-3)14(8-11)18-10-13(5-7-17(20)21)15(19)9-12(18)2/h4,6,8-10H,5,7H2,1-3H3,(H,20,21). The highest BCUT2D eigenvalue weighted by molar-refractivity contribution is 5.67. The Morgan fingerprint density at radius 1 is 1.27 bits per heavy atom. The average molecular weight is 301 g/mol. The molecule has 5 nitrogen and oxygen atoms in total. The van der Waals surface area contributed by atoms with Crippen molar-refractivity contribution in [1.29, 1.82) is 0 Å². The first-order valence-electron chi connectivity index (χ1n) is 7.01. The van der Waals surface area contributed by atoms with Crippen LogP contribution in [0, 0.1) is 13.8 Å². The molecule has 0 spiro atoms. The molecule has 5 heteroatoms. The van der Waals surface area contributed by atoms with Crippen LogP contribution in [-0.2, 0) is 11.2 Å². The lowest BCUT2D eigenvalue weighted by Gasteiger charge is -2.16. The highest BCUT2D eigenvalue weighted by Gasteiger charge is 2.11. The Labute approximate surface area is 128 Å². The maximum Gasteiger partial charge on any atom is 0.303 e. The van der Waals surface area contributed by atoms with E-state index in [2.05, 4.69) is 0 Å². The summed E-state index contributed by atoms with van der Waals surface area (Å²) in [6, 6.07) is 7.32. The van der Waals surface area contributed by atoms with Gasteiger partial charge in [-0.05, 0) is 38.0 Å². The first kappa shape index (κ1) is 15.8. The third kappa shape index (κ3) is 3.36. The molecule has 1 N–H and O–H groups in total. The van der Waals surface area contributed by atoms with E-state index in [0.717, 1.165) is 16.9 Å². The molecule has 0 saturated carbocycles. The molecule has 0 unspecified atom stereocenters. The van der Waals surface area contributed by atoms with E-state index in [-0.39, 0.29) is 18.3 Å². The van der Waals surface area contributed by atoms with Gasteiger partial charge in [0.15, 0.2) is 5.43 Å². The topological polar surface area (TPSA) is 68.5 Å². The number of hydrogen-bond donors (Lipinski definition) is 1. The number of aryl methyl sites for hydroxylation is 3. The smallest absolute Gasteiger partial charge is 0.303 e. The molecular weight excluding hydrogens is 282 g/mol. The Morgan fingerprint density at radius 2 is 2.00 bits per heavy atom. The van der Waals surface area contributed by atoms with Crippen molar-refractivity contribution in [2.24, 2.45) is 0 Å². The molecule has 22 heavy (non-hydrogen) atoms. The Kier molecular flexibility index (Phi) is 4.65. The second-order valence-corrected chi connectivity index (χ2v) is 5.24. The number of methoxy groups -OCH3 is 1. The highest BCUT2D eigenvalue weighted by Crippen LogP contribution is 2.25. The molecule has 0 saturated heterocycles. The molecule has 116 valence electrons. The van der Waals surface area contributed by atoms with Gasteiger partial charge in [0, 0.05) is 29.9 Å². The normalized spacial score (nSPS) is 10.5. The van der Waals surface area contributed by atoms with Gasteiger partial charge in [0.1, 0.15) is 5.75 Å². The summed E-state index contributed by atoms with van der Waals surface area (Å²) in [5, 5.41) is 8.80. The van der Waals surface area contributed by atoms with E-state index in [9.17, 15) is 9.59 Å². The molecule has 1 heterocycles. The van der Waals surface area contributed by atoms with E-state index in [4.69, 9.17) is 9.84 Å². The van der Waals surface area contributed by atoms with E-state index >= 15 is 0 Å². The zero-order valence-corrected chi connectivity index (χ0v) is 12.9. The summed E-state index contributed by atoms with van der Waals surface area (Å²) < 4.78 is 7.25. The fourth-order valence-electron chi connectivity index (χ4n) is 2.35. The number of rotatable bonds is 5. The molecule has 1 aromatic heterocycles. The van der Waals surface area contributed by atoms with E-state index in [1.165, 1.54) is 6.07 Å². The van der Waals surface area contributed by atoms with Crippen LogP contribution in [0.1, 0.15) is 23.2 Å². The monoisotopic (exact) mass is 301 g/mol. The van der Waals surface area contributed by atoms with Crippen LogP contribution in [0.4, 0.5) is 0 Å². The van der Waals surface area contributed by atoms with Gasteiger partial charge < -0.3 is 14.4 Å². The molecule has 0 aliphatic carbocycles. The summed E-state index contributed by atoms with van der Waals surface area (Å²) in [7, 11) is 1.59. The minimum atomic E-state index is -0.917.